The summed E-state index contributed by atoms with van der Waals surface area (Å²) < 4.78 is 0. The van der Waals surface area contributed by atoms with Gasteiger partial charge in [-0.25, -0.2) is 0 Å². The highest BCUT2D eigenvalue weighted by atomic mass is 14.9. The SMILES string of the molecule is C#CCCCC(NC)C1CCC(CCC)CC1. The molecule has 1 atom stereocenters. The van der Waals surface area contributed by atoms with Crippen LogP contribution in [0.3, 0.4) is 0 Å². The molecule has 0 radical (unpaired) electrons. The molecule has 1 aliphatic carbocycles. The number of hydrogen-bond donors (Lipinski definition) is 1. The maximum Gasteiger partial charge on any atom is 0.00926 e. The second-order valence-corrected chi connectivity index (χ2v) is 5.56. The lowest BCUT2D eigenvalue weighted by Gasteiger charge is -2.33. The quantitative estimate of drug-likeness (QED) is 0.520. The van der Waals surface area contributed by atoms with Crippen LogP contribution in [0, 0.1) is 24.2 Å². The zero-order valence-electron chi connectivity index (χ0n) is 11.7. The first-order chi connectivity index (χ1) is 8.31. The van der Waals surface area contributed by atoms with Crippen LogP contribution >= 0.6 is 0 Å². The van der Waals surface area contributed by atoms with E-state index < -0.39 is 0 Å². The van der Waals surface area contributed by atoms with Crippen molar-refractivity contribution in [1.82, 2.24) is 5.32 Å². The lowest BCUT2D eigenvalue weighted by Crippen LogP contribution is -2.35. The van der Waals surface area contributed by atoms with E-state index in [0.717, 1.165) is 18.3 Å². The Hall–Kier alpha value is -0.480. The van der Waals surface area contributed by atoms with E-state index in [1.54, 1.807) is 0 Å². The van der Waals surface area contributed by atoms with Crippen molar-refractivity contribution in [2.45, 2.75) is 70.8 Å². The van der Waals surface area contributed by atoms with Crippen LogP contribution in [-0.4, -0.2) is 13.1 Å². The van der Waals surface area contributed by atoms with E-state index in [1.165, 1.54) is 51.4 Å². The Morgan fingerprint density at radius 1 is 1.29 bits per heavy atom. The van der Waals surface area contributed by atoms with Gasteiger partial charge in [-0.1, -0.05) is 32.6 Å². The average molecular weight is 235 g/mol. The van der Waals surface area contributed by atoms with E-state index in [9.17, 15) is 0 Å². The minimum absolute atomic E-state index is 0.700. The normalized spacial score (nSPS) is 26.4. The predicted octanol–water partition coefficient (Wildman–Crippen LogP) is 3.98. The van der Waals surface area contributed by atoms with Crippen molar-refractivity contribution in [2.75, 3.05) is 7.05 Å². The van der Waals surface area contributed by atoms with Crippen molar-refractivity contribution in [3.63, 3.8) is 0 Å². The summed E-state index contributed by atoms with van der Waals surface area (Å²) in [7, 11) is 2.11. The fraction of sp³-hybridized carbons (Fsp3) is 0.875. The molecule has 0 bridgehead atoms. The molecular formula is C16H29N. The highest BCUT2D eigenvalue weighted by molar-refractivity contribution is 4.86. The molecule has 0 aliphatic heterocycles. The zero-order valence-corrected chi connectivity index (χ0v) is 11.7. The first-order valence-electron chi connectivity index (χ1n) is 7.42. The van der Waals surface area contributed by atoms with Gasteiger partial charge in [-0.05, 0) is 44.6 Å². The molecule has 0 aromatic heterocycles. The molecule has 1 unspecified atom stereocenters. The molecule has 0 aromatic rings. The third-order valence-corrected chi connectivity index (χ3v) is 4.36. The summed E-state index contributed by atoms with van der Waals surface area (Å²) in [5.74, 6) is 4.65. The van der Waals surface area contributed by atoms with Crippen molar-refractivity contribution in [3.8, 4) is 12.3 Å². The minimum Gasteiger partial charge on any atom is -0.317 e. The molecule has 17 heavy (non-hydrogen) atoms. The van der Waals surface area contributed by atoms with E-state index in [4.69, 9.17) is 6.42 Å². The third-order valence-electron chi connectivity index (χ3n) is 4.36. The van der Waals surface area contributed by atoms with Crippen molar-refractivity contribution in [2.24, 2.45) is 11.8 Å². The molecule has 0 heterocycles. The highest BCUT2D eigenvalue weighted by Crippen LogP contribution is 2.34. The highest BCUT2D eigenvalue weighted by Gasteiger charge is 2.25. The van der Waals surface area contributed by atoms with Crippen LogP contribution in [-0.2, 0) is 0 Å². The van der Waals surface area contributed by atoms with Crippen LogP contribution in [0.25, 0.3) is 0 Å². The van der Waals surface area contributed by atoms with Crippen molar-refractivity contribution >= 4 is 0 Å². The summed E-state index contributed by atoms with van der Waals surface area (Å²) in [6.45, 7) is 2.31. The molecule has 0 saturated heterocycles. The molecule has 0 amide bonds. The van der Waals surface area contributed by atoms with Gasteiger partial charge in [-0.2, -0.15) is 0 Å². The molecule has 1 aliphatic rings. The second kappa shape index (κ2) is 8.59. The van der Waals surface area contributed by atoms with Crippen molar-refractivity contribution in [3.05, 3.63) is 0 Å². The van der Waals surface area contributed by atoms with Gasteiger partial charge in [0.25, 0.3) is 0 Å². The van der Waals surface area contributed by atoms with Gasteiger partial charge in [0.1, 0.15) is 0 Å². The second-order valence-electron chi connectivity index (χ2n) is 5.56. The van der Waals surface area contributed by atoms with Gasteiger partial charge in [-0.15, -0.1) is 12.3 Å². The van der Waals surface area contributed by atoms with Gasteiger partial charge in [-0.3, -0.25) is 0 Å². The number of nitrogens with one attached hydrogen (secondary N) is 1. The maximum absolute atomic E-state index is 5.32. The summed E-state index contributed by atoms with van der Waals surface area (Å²) in [5, 5.41) is 3.51. The van der Waals surface area contributed by atoms with Crippen LogP contribution in [0.1, 0.15) is 64.7 Å². The fourth-order valence-electron chi connectivity index (χ4n) is 3.33. The first kappa shape index (κ1) is 14.6. The van der Waals surface area contributed by atoms with Crippen LogP contribution in [0.15, 0.2) is 0 Å². The summed E-state index contributed by atoms with van der Waals surface area (Å²) in [6, 6.07) is 0.700. The summed E-state index contributed by atoms with van der Waals surface area (Å²) >= 11 is 0. The predicted molar refractivity (Wildman–Crippen MR) is 75.9 cm³/mol. The van der Waals surface area contributed by atoms with Crippen LogP contribution in [0.2, 0.25) is 0 Å². The Kier molecular flexibility index (Phi) is 7.37. The first-order valence-corrected chi connectivity index (χ1v) is 7.42. The summed E-state index contributed by atoms with van der Waals surface area (Å²) in [6.07, 6.45) is 17.2. The molecule has 98 valence electrons. The smallest absolute Gasteiger partial charge is 0.00926 e. The molecule has 1 saturated carbocycles. The van der Waals surface area contributed by atoms with E-state index in [-0.39, 0.29) is 0 Å². The molecule has 1 nitrogen and oxygen atoms in total. The lowest BCUT2D eigenvalue weighted by atomic mass is 9.76. The van der Waals surface area contributed by atoms with Crippen LogP contribution in [0.5, 0.6) is 0 Å². The summed E-state index contributed by atoms with van der Waals surface area (Å²) in [5.41, 5.74) is 0. The number of unbranched alkanes of at least 4 members (excludes halogenated alkanes) is 1. The average Bonchev–Trinajstić information content (AvgIpc) is 2.36. The van der Waals surface area contributed by atoms with Gasteiger partial charge in [0, 0.05) is 12.5 Å². The van der Waals surface area contributed by atoms with Gasteiger partial charge < -0.3 is 5.32 Å². The molecule has 0 aromatic carbocycles. The van der Waals surface area contributed by atoms with Gasteiger partial charge in [0.15, 0.2) is 0 Å². The molecule has 0 spiro atoms. The van der Waals surface area contributed by atoms with Gasteiger partial charge in [0.2, 0.25) is 0 Å². The van der Waals surface area contributed by atoms with Crippen molar-refractivity contribution < 1.29 is 0 Å². The van der Waals surface area contributed by atoms with Gasteiger partial charge in [0.05, 0.1) is 0 Å². The third kappa shape index (κ3) is 5.13. The number of rotatable bonds is 7. The van der Waals surface area contributed by atoms with Crippen LogP contribution in [0.4, 0.5) is 0 Å². The Bertz CT molecular complexity index is 220. The number of hydrogen-bond acceptors (Lipinski definition) is 1. The van der Waals surface area contributed by atoms with E-state index in [2.05, 4.69) is 25.2 Å². The Balaban J connectivity index is 2.27. The largest absolute Gasteiger partial charge is 0.317 e. The fourth-order valence-corrected chi connectivity index (χ4v) is 3.33. The number of terminal acetylenes is 1. The monoisotopic (exact) mass is 235 g/mol. The Morgan fingerprint density at radius 3 is 2.53 bits per heavy atom. The van der Waals surface area contributed by atoms with Crippen molar-refractivity contribution in [1.29, 1.82) is 0 Å². The minimum atomic E-state index is 0.700. The molecular weight excluding hydrogens is 206 g/mol. The molecule has 1 fully saturated rings. The lowest BCUT2D eigenvalue weighted by molar-refractivity contribution is 0.211. The topological polar surface area (TPSA) is 12.0 Å². The van der Waals surface area contributed by atoms with Crippen LogP contribution < -0.4 is 5.32 Å². The zero-order chi connectivity index (χ0) is 12.5. The molecule has 1 rings (SSSR count). The van der Waals surface area contributed by atoms with E-state index in [0.29, 0.717) is 6.04 Å². The molecule has 1 heteroatoms. The van der Waals surface area contributed by atoms with E-state index in [1.807, 2.05) is 0 Å². The Morgan fingerprint density at radius 2 is 2.00 bits per heavy atom. The Labute approximate surface area is 108 Å². The summed E-state index contributed by atoms with van der Waals surface area (Å²) in [4.78, 5) is 0. The standard InChI is InChI=1S/C16H29N/c1-4-6-7-9-16(17-3)15-12-10-14(8-5-2)11-13-15/h1,14-17H,5-13H2,2-3H3. The van der Waals surface area contributed by atoms with E-state index >= 15 is 0 Å². The van der Waals surface area contributed by atoms with Gasteiger partial charge >= 0.3 is 0 Å². The maximum atomic E-state index is 5.32. The molecule has 1 N–H and O–H groups in total.